The van der Waals surface area contributed by atoms with Crippen LogP contribution in [0.3, 0.4) is 0 Å². The van der Waals surface area contributed by atoms with E-state index in [2.05, 4.69) is 9.47 Å². The molecule has 0 saturated heterocycles. The van der Waals surface area contributed by atoms with Crippen LogP contribution in [-0.4, -0.2) is 56.4 Å². The Bertz CT molecular complexity index is 994. The Morgan fingerprint density at radius 3 is 2.08 bits per heavy atom. The molecule has 37 heavy (non-hydrogen) atoms. The summed E-state index contributed by atoms with van der Waals surface area (Å²) in [7, 11) is 3.90. The number of carbonyl (C=O) groups excluding carboxylic acids is 3. The van der Waals surface area contributed by atoms with Crippen molar-refractivity contribution in [1.29, 1.82) is 0 Å². The quantitative estimate of drug-likeness (QED) is 0.280. The first-order valence-corrected chi connectivity index (χ1v) is 12.5. The number of rotatable bonds is 10. The number of hydrogen-bond donors (Lipinski definition) is 1. The molecule has 0 bridgehead atoms. The molecule has 9 heteroatoms. The van der Waals surface area contributed by atoms with E-state index in [1.807, 2.05) is 30.3 Å². The number of carboxylic acids is 1. The highest BCUT2D eigenvalue weighted by atomic mass is 16.5. The summed E-state index contributed by atoms with van der Waals surface area (Å²) in [5.74, 6) is -2.55. The van der Waals surface area contributed by atoms with Gasteiger partial charge in [0.15, 0.2) is 0 Å². The van der Waals surface area contributed by atoms with E-state index in [4.69, 9.17) is 14.6 Å². The Morgan fingerprint density at radius 2 is 1.57 bits per heavy atom. The average Bonchev–Trinajstić information content (AvgIpc) is 3.66. The molecule has 1 aromatic rings. The van der Waals surface area contributed by atoms with Crippen LogP contribution in [0.15, 0.2) is 41.5 Å². The smallest absolute Gasteiger partial charge is 0.334 e. The first-order chi connectivity index (χ1) is 17.7. The summed E-state index contributed by atoms with van der Waals surface area (Å²) in [5.41, 5.74) is 2.90. The maximum Gasteiger partial charge on any atom is 0.334 e. The first-order valence-electron chi connectivity index (χ1n) is 12.5. The van der Waals surface area contributed by atoms with Crippen molar-refractivity contribution in [3.05, 3.63) is 47.0 Å². The number of ether oxygens (including phenoxy) is 4. The molecule has 0 heterocycles. The van der Waals surface area contributed by atoms with E-state index in [0.717, 1.165) is 24.0 Å². The molecule has 1 spiro atoms. The van der Waals surface area contributed by atoms with Gasteiger partial charge < -0.3 is 24.1 Å². The molecule has 0 aliphatic heterocycles. The van der Waals surface area contributed by atoms with Gasteiger partial charge in [-0.05, 0) is 55.4 Å². The molecular formula is C28H36O9. The summed E-state index contributed by atoms with van der Waals surface area (Å²) in [5, 5.41) is 9.04. The third-order valence-corrected chi connectivity index (χ3v) is 7.53. The fraction of sp³-hybridized carbons (Fsp3) is 0.571. The van der Waals surface area contributed by atoms with Gasteiger partial charge >= 0.3 is 23.9 Å². The molecule has 3 aliphatic rings. The Hall–Kier alpha value is -3.20. The second kappa shape index (κ2) is 12.9. The number of methoxy groups -OCH3 is 3. The number of carbonyl (C=O) groups is 4. The van der Waals surface area contributed by atoms with E-state index in [1.165, 1.54) is 34.2 Å². The molecule has 0 radical (unpaired) electrons. The third kappa shape index (κ3) is 7.89. The highest BCUT2D eigenvalue weighted by Crippen LogP contribution is 2.65. The first kappa shape index (κ1) is 28.4. The molecule has 0 aromatic heterocycles. The van der Waals surface area contributed by atoms with Crippen LogP contribution in [-0.2, 0) is 44.7 Å². The monoisotopic (exact) mass is 516 g/mol. The van der Waals surface area contributed by atoms with Crippen LogP contribution in [0.25, 0.3) is 0 Å². The molecule has 1 aromatic carbocycles. The Labute approximate surface area is 217 Å². The zero-order chi connectivity index (χ0) is 27.0. The topological polar surface area (TPSA) is 125 Å². The van der Waals surface area contributed by atoms with E-state index >= 15 is 0 Å². The zero-order valence-corrected chi connectivity index (χ0v) is 21.7. The van der Waals surface area contributed by atoms with Crippen molar-refractivity contribution in [2.45, 2.75) is 64.1 Å². The molecule has 9 nitrogen and oxygen atoms in total. The van der Waals surface area contributed by atoms with E-state index < -0.39 is 29.8 Å². The van der Waals surface area contributed by atoms with Gasteiger partial charge in [0, 0.05) is 5.57 Å². The molecule has 3 fully saturated rings. The second-order valence-corrected chi connectivity index (χ2v) is 10.0. The van der Waals surface area contributed by atoms with Crippen LogP contribution in [0.2, 0.25) is 0 Å². The SMILES string of the molecule is COC(=O)CC(C(=O)O)C1CC2(CC2)C1.COC(=O)CC(C(=O)OC)=C1CC(OCc2ccccc2)C1. The molecule has 202 valence electrons. The number of esters is 3. The minimum atomic E-state index is -0.860. The highest BCUT2D eigenvalue weighted by Gasteiger charge is 2.56. The molecule has 3 aliphatic carbocycles. The summed E-state index contributed by atoms with van der Waals surface area (Å²) >= 11 is 0. The van der Waals surface area contributed by atoms with Crippen molar-refractivity contribution in [2.24, 2.45) is 17.3 Å². The molecule has 1 N–H and O–H groups in total. The van der Waals surface area contributed by atoms with Crippen LogP contribution in [0.4, 0.5) is 0 Å². The lowest BCUT2D eigenvalue weighted by atomic mass is 9.65. The van der Waals surface area contributed by atoms with Crippen LogP contribution in [0.5, 0.6) is 0 Å². The largest absolute Gasteiger partial charge is 0.481 e. The summed E-state index contributed by atoms with van der Waals surface area (Å²) in [6, 6.07) is 9.91. The van der Waals surface area contributed by atoms with Gasteiger partial charge in [-0.1, -0.05) is 35.9 Å². The van der Waals surface area contributed by atoms with Crippen LogP contribution in [0.1, 0.15) is 56.9 Å². The Morgan fingerprint density at radius 1 is 0.946 bits per heavy atom. The van der Waals surface area contributed by atoms with Crippen LogP contribution < -0.4 is 0 Å². The molecule has 4 rings (SSSR count). The summed E-state index contributed by atoms with van der Waals surface area (Å²) < 4.78 is 19.6. The Balaban J connectivity index is 0.000000220. The highest BCUT2D eigenvalue weighted by molar-refractivity contribution is 5.94. The normalized spacial score (nSPS) is 19.8. The van der Waals surface area contributed by atoms with Crippen molar-refractivity contribution >= 4 is 23.9 Å². The molecular weight excluding hydrogens is 480 g/mol. The predicted octanol–water partition coefficient (Wildman–Crippen LogP) is 3.84. The van der Waals surface area contributed by atoms with Gasteiger partial charge in [-0.3, -0.25) is 14.4 Å². The van der Waals surface area contributed by atoms with Crippen molar-refractivity contribution in [1.82, 2.24) is 0 Å². The standard InChI is InChI=1S/C17H20O5.C11H16O4/c1-20-16(18)10-15(17(19)21-2)13-8-14(9-13)22-11-12-6-4-3-5-7-12;1-15-9(12)4-8(10(13)14)7-5-11(6-7)2-3-11/h3-7,14H,8-11H2,1-2H3;7-8H,2-6H2,1H3,(H,13,14). The van der Waals surface area contributed by atoms with Crippen molar-refractivity contribution in [3.63, 3.8) is 0 Å². The van der Waals surface area contributed by atoms with Crippen molar-refractivity contribution in [2.75, 3.05) is 21.3 Å². The third-order valence-electron chi connectivity index (χ3n) is 7.53. The Kier molecular flexibility index (Phi) is 9.86. The van der Waals surface area contributed by atoms with Crippen LogP contribution >= 0.6 is 0 Å². The fourth-order valence-electron chi connectivity index (χ4n) is 4.96. The molecule has 3 saturated carbocycles. The summed E-state index contributed by atoms with van der Waals surface area (Å²) in [6.45, 7) is 0.545. The van der Waals surface area contributed by atoms with E-state index in [9.17, 15) is 19.2 Å². The van der Waals surface area contributed by atoms with E-state index in [-0.39, 0.29) is 24.9 Å². The lowest BCUT2D eigenvalue weighted by Gasteiger charge is -2.39. The van der Waals surface area contributed by atoms with Gasteiger partial charge in [0.1, 0.15) is 0 Å². The van der Waals surface area contributed by atoms with Gasteiger partial charge in [-0.15, -0.1) is 0 Å². The zero-order valence-electron chi connectivity index (χ0n) is 21.7. The maximum absolute atomic E-state index is 11.8. The number of aliphatic carboxylic acids is 1. The van der Waals surface area contributed by atoms with Crippen molar-refractivity contribution in [3.8, 4) is 0 Å². The summed E-state index contributed by atoms with van der Waals surface area (Å²) in [6.07, 6.45) is 5.80. The summed E-state index contributed by atoms with van der Waals surface area (Å²) in [4.78, 5) is 45.2. The minimum Gasteiger partial charge on any atom is -0.481 e. The second-order valence-electron chi connectivity index (χ2n) is 10.0. The number of hydrogen-bond acceptors (Lipinski definition) is 8. The lowest BCUT2D eigenvalue weighted by Crippen LogP contribution is -2.36. The van der Waals surface area contributed by atoms with Crippen LogP contribution in [0, 0.1) is 17.3 Å². The van der Waals surface area contributed by atoms with Crippen molar-refractivity contribution < 1.29 is 43.2 Å². The molecule has 1 atom stereocenters. The fourth-order valence-corrected chi connectivity index (χ4v) is 4.96. The lowest BCUT2D eigenvalue weighted by molar-refractivity contribution is -0.154. The minimum absolute atomic E-state index is 0.0204. The van der Waals surface area contributed by atoms with E-state index in [0.29, 0.717) is 30.4 Å². The van der Waals surface area contributed by atoms with Gasteiger partial charge in [-0.2, -0.15) is 0 Å². The van der Waals surface area contributed by atoms with Gasteiger partial charge in [0.25, 0.3) is 0 Å². The van der Waals surface area contributed by atoms with Gasteiger partial charge in [-0.25, -0.2) is 4.79 Å². The predicted molar refractivity (Wildman–Crippen MR) is 132 cm³/mol. The van der Waals surface area contributed by atoms with E-state index in [1.54, 1.807) is 0 Å². The molecule has 0 amide bonds. The van der Waals surface area contributed by atoms with Gasteiger partial charge in [0.05, 0.1) is 52.8 Å². The average molecular weight is 517 g/mol. The van der Waals surface area contributed by atoms with Gasteiger partial charge in [0.2, 0.25) is 0 Å². The molecule has 1 unspecified atom stereocenters. The maximum atomic E-state index is 11.8. The number of carboxylic acid groups (broad SMARTS) is 1. The number of benzene rings is 1.